The maximum Gasteiger partial charge on any atom is 0.142 e. The highest BCUT2D eigenvalue weighted by Gasteiger charge is 2.20. The molecule has 0 amide bonds. The van der Waals surface area contributed by atoms with Crippen LogP contribution >= 0.6 is 24.8 Å². The Hall–Kier alpha value is -1.46. The second kappa shape index (κ2) is 12.3. The topological polar surface area (TPSA) is 24.9 Å². The lowest BCUT2D eigenvalue weighted by Gasteiger charge is -2.19. The fourth-order valence-corrected chi connectivity index (χ4v) is 3.49. The largest absolute Gasteiger partial charge is 0.478 e. The summed E-state index contributed by atoms with van der Waals surface area (Å²) in [6.45, 7) is 13.9. The predicted octanol–water partition coefficient (Wildman–Crippen LogP) is 5.46. The second-order valence-corrected chi connectivity index (χ2v) is 6.97. The number of hydrogen-bond acceptors (Lipinski definition) is 4. The lowest BCUT2D eigenvalue weighted by Crippen LogP contribution is -2.27. The average Bonchev–Trinajstić information content (AvgIpc) is 3.06. The van der Waals surface area contributed by atoms with Crippen molar-refractivity contribution in [3.8, 4) is 22.6 Å². The Morgan fingerprint density at radius 3 is 1.38 bits per heavy atom. The van der Waals surface area contributed by atoms with E-state index in [-0.39, 0.29) is 24.8 Å². The normalized spacial score (nSPS) is 11.5. The zero-order valence-corrected chi connectivity index (χ0v) is 19.6. The third-order valence-electron chi connectivity index (χ3n) is 5.44. The van der Waals surface area contributed by atoms with E-state index >= 15 is 0 Å². The average molecular weight is 441 g/mol. The summed E-state index contributed by atoms with van der Waals surface area (Å²) in [4.78, 5) is 4.53. The molecule has 0 radical (unpaired) electrons. The van der Waals surface area contributed by atoms with Crippen LogP contribution in [-0.4, -0.2) is 49.4 Å². The van der Waals surface area contributed by atoms with Crippen LogP contribution in [-0.2, 0) is 6.42 Å². The highest BCUT2D eigenvalue weighted by atomic mass is 35.5. The molecule has 162 valence electrons. The number of benzene rings is 2. The molecule has 0 aliphatic heterocycles. The fraction of sp³-hybridized carbons (Fsp3) is 0.478. The molecule has 0 heterocycles. The summed E-state index contributed by atoms with van der Waals surface area (Å²) in [5.74, 6) is 1.90. The van der Waals surface area contributed by atoms with E-state index in [2.05, 4.69) is 73.9 Å². The summed E-state index contributed by atoms with van der Waals surface area (Å²) in [5.41, 5.74) is 5.30. The highest BCUT2D eigenvalue weighted by Crippen LogP contribution is 2.39. The molecule has 1 aliphatic carbocycles. The van der Waals surface area contributed by atoms with Crippen LogP contribution in [0.1, 0.15) is 38.8 Å². The molecule has 6 heteroatoms. The fourth-order valence-electron chi connectivity index (χ4n) is 3.49. The SMILES string of the molecule is CCN(CC)COc1ccc2c(c1)Cc1cc(OCN(CC)CC)ccc1-2.Cl.Cl. The zero-order chi connectivity index (χ0) is 19.2. The Labute approximate surface area is 188 Å². The molecular weight excluding hydrogens is 407 g/mol. The minimum absolute atomic E-state index is 0. The van der Waals surface area contributed by atoms with Gasteiger partial charge in [0.2, 0.25) is 0 Å². The third kappa shape index (κ3) is 6.26. The van der Waals surface area contributed by atoms with E-state index in [0.717, 1.165) is 44.1 Å². The summed E-state index contributed by atoms with van der Waals surface area (Å²) in [6, 6.07) is 12.9. The summed E-state index contributed by atoms with van der Waals surface area (Å²) in [7, 11) is 0. The van der Waals surface area contributed by atoms with Gasteiger partial charge in [-0.05, 0) is 79.1 Å². The van der Waals surface area contributed by atoms with Gasteiger partial charge in [-0.1, -0.05) is 39.8 Å². The summed E-state index contributed by atoms with van der Waals surface area (Å²) in [5, 5.41) is 0. The lowest BCUT2D eigenvalue weighted by atomic mass is 10.1. The maximum absolute atomic E-state index is 5.98. The molecule has 0 unspecified atom stereocenters. The lowest BCUT2D eigenvalue weighted by molar-refractivity contribution is 0.137. The van der Waals surface area contributed by atoms with Crippen LogP contribution in [0.2, 0.25) is 0 Å². The number of ether oxygens (including phenoxy) is 2. The van der Waals surface area contributed by atoms with Gasteiger partial charge in [-0.3, -0.25) is 9.80 Å². The van der Waals surface area contributed by atoms with Crippen molar-refractivity contribution in [1.82, 2.24) is 9.80 Å². The molecule has 0 fully saturated rings. The van der Waals surface area contributed by atoms with Crippen molar-refractivity contribution in [2.75, 3.05) is 39.6 Å². The van der Waals surface area contributed by atoms with Gasteiger partial charge in [-0.25, -0.2) is 0 Å². The predicted molar refractivity (Wildman–Crippen MR) is 126 cm³/mol. The molecule has 3 rings (SSSR count). The first-order valence-corrected chi connectivity index (χ1v) is 10.1. The Balaban J connectivity index is 0.00000210. The van der Waals surface area contributed by atoms with Crippen molar-refractivity contribution in [2.24, 2.45) is 0 Å². The Morgan fingerprint density at radius 2 is 1.03 bits per heavy atom. The molecular formula is C23H34Cl2N2O2. The van der Waals surface area contributed by atoms with Gasteiger partial charge in [0.05, 0.1) is 0 Å². The van der Waals surface area contributed by atoms with Crippen LogP contribution in [0.3, 0.4) is 0 Å². The van der Waals surface area contributed by atoms with Crippen molar-refractivity contribution in [3.63, 3.8) is 0 Å². The van der Waals surface area contributed by atoms with Gasteiger partial charge in [0, 0.05) is 0 Å². The van der Waals surface area contributed by atoms with Crippen molar-refractivity contribution < 1.29 is 9.47 Å². The number of hydrogen-bond donors (Lipinski definition) is 0. The molecule has 0 atom stereocenters. The van der Waals surface area contributed by atoms with E-state index in [1.165, 1.54) is 22.3 Å². The van der Waals surface area contributed by atoms with E-state index in [4.69, 9.17) is 9.47 Å². The summed E-state index contributed by atoms with van der Waals surface area (Å²) >= 11 is 0. The molecule has 4 nitrogen and oxygen atoms in total. The molecule has 0 saturated heterocycles. The van der Waals surface area contributed by atoms with Crippen LogP contribution in [0.25, 0.3) is 11.1 Å². The van der Waals surface area contributed by atoms with Gasteiger partial charge in [0.25, 0.3) is 0 Å². The smallest absolute Gasteiger partial charge is 0.142 e. The minimum Gasteiger partial charge on any atom is -0.478 e. The second-order valence-electron chi connectivity index (χ2n) is 6.97. The molecule has 0 saturated carbocycles. The summed E-state index contributed by atoms with van der Waals surface area (Å²) < 4.78 is 12.0. The van der Waals surface area contributed by atoms with Gasteiger partial charge in [0.15, 0.2) is 0 Å². The summed E-state index contributed by atoms with van der Waals surface area (Å²) in [6.07, 6.45) is 0.940. The van der Waals surface area contributed by atoms with Gasteiger partial charge < -0.3 is 9.47 Å². The molecule has 2 aromatic carbocycles. The van der Waals surface area contributed by atoms with E-state index in [9.17, 15) is 0 Å². The zero-order valence-electron chi connectivity index (χ0n) is 17.9. The molecule has 0 bridgehead atoms. The van der Waals surface area contributed by atoms with Crippen LogP contribution in [0.5, 0.6) is 11.5 Å². The first-order chi connectivity index (χ1) is 13.2. The van der Waals surface area contributed by atoms with Crippen LogP contribution in [0.15, 0.2) is 36.4 Å². The van der Waals surface area contributed by atoms with Crippen molar-refractivity contribution in [3.05, 3.63) is 47.5 Å². The van der Waals surface area contributed by atoms with Gasteiger partial charge in [-0.15, -0.1) is 24.8 Å². The van der Waals surface area contributed by atoms with E-state index in [1.54, 1.807) is 0 Å². The monoisotopic (exact) mass is 440 g/mol. The van der Waals surface area contributed by atoms with Crippen LogP contribution in [0, 0.1) is 0 Å². The quantitative estimate of drug-likeness (QED) is 0.390. The third-order valence-corrected chi connectivity index (χ3v) is 5.44. The Morgan fingerprint density at radius 1 is 0.655 bits per heavy atom. The molecule has 29 heavy (non-hydrogen) atoms. The molecule has 0 N–H and O–H groups in total. The van der Waals surface area contributed by atoms with E-state index < -0.39 is 0 Å². The van der Waals surface area contributed by atoms with Crippen molar-refractivity contribution in [1.29, 1.82) is 0 Å². The number of fused-ring (bicyclic) bond motifs is 3. The van der Waals surface area contributed by atoms with Gasteiger partial charge in [-0.2, -0.15) is 0 Å². The first kappa shape index (κ1) is 25.6. The number of rotatable bonds is 10. The minimum atomic E-state index is 0. The molecule has 2 aromatic rings. The van der Waals surface area contributed by atoms with E-state index in [1.807, 2.05) is 0 Å². The Bertz CT molecular complexity index is 699. The van der Waals surface area contributed by atoms with Crippen molar-refractivity contribution >= 4 is 24.8 Å². The Kier molecular flexibility index (Phi) is 10.8. The molecule has 1 aliphatic rings. The standard InChI is InChI=1S/C23H32N2O2.2ClH/c1-5-24(6-2)16-26-20-9-11-22-18(14-20)13-19-15-21(10-12-23(19)22)27-17-25(7-3)8-4;;/h9-12,14-15H,5-8,13,16-17H2,1-4H3;2*1H. The number of halogens is 2. The van der Waals surface area contributed by atoms with Crippen molar-refractivity contribution in [2.45, 2.75) is 34.1 Å². The van der Waals surface area contributed by atoms with Crippen LogP contribution < -0.4 is 9.47 Å². The molecule has 0 aromatic heterocycles. The first-order valence-electron chi connectivity index (χ1n) is 10.1. The van der Waals surface area contributed by atoms with Gasteiger partial charge >= 0.3 is 0 Å². The van der Waals surface area contributed by atoms with Gasteiger partial charge in [0.1, 0.15) is 25.0 Å². The van der Waals surface area contributed by atoms with E-state index in [0.29, 0.717) is 13.5 Å². The highest BCUT2D eigenvalue weighted by molar-refractivity contribution is 5.85. The molecule has 0 spiro atoms. The van der Waals surface area contributed by atoms with Crippen LogP contribution in [0.4, 0.5) is 0 Å². The maximum atomic E-state index is 5.98. The number of nitrogens with zero attached hydrogens (tertiary/aromatic N) is 2.